The summed E-state index contributed by atoms with van der Waals surface area (Å²) in [6, 6.07) is 9.91. The van der Waals surface area contributed by atoms with Crippen LogP contribution in [0.3, 0.4) is 0 Å². The SMILES string of the molecule is CCNC(=NCCCCOc1ccccc1)NCCn1cnnc1CC. The molecule has 1 aromatic heterocycles. The third-order valence-corrected chi connectivity index (χ3v) is 3.84. The van der Waals surface area contributed by atoms with E-state index in [1.807, 2.05) is 30.3 Å². The van der Waals surface area contributed by atoms with Gasteiger partial charge in [-0.2, -0.15) is 0 Å². The van der Waals surface area contributed by atoms with Crippen LogP contribution in [0.25, 0.3) is 0 Å². The van der Waals surface area contributed by atoms with Crippen molar-refractivity contribution >= 4 is 5.96 Å². The van der Waals surface area contributed by atoms with Crippen molar-refractivity contribution in [2.75, 3.05) is 26.2 Å². The summed E-state index contributed by atoms with van der Waals surface area (Å²) < 4.78 is 7.76. The zero-order valence-corrected chi connectivity index (χ0v) is 15.8. The molecular formula is C19H30N6O. The maximum absolute atomic E-state index is 5.69. The zero-order chi connectivity index (χ0) is 18.5. The Morgan fingerprint density at radius 3 is 2.77 bits per heavy atom. The molecular weight excluding hydrogens is 328 g/mol. The number of para-hydroxylation sites is 1. The monoisotopic (exact) mass is 358 g/mol. The standard InChI is InChI=1S/C19H30N6O/c1-3-18-24-23-16-25(18)14-13-22-19(20-4-2)21-12-8-9-15-26-17-10-6-5-7-11-17/h5-7,10-11,16H,3-4,8-9,12-15H2,1-2H3,(H2,20,21,22). The van der Waals surface area contributed by atoms with Gasteiger partial charge in [-0.3, -0.25) is 4.99 Å². The topological polar surface area (TPSA) is 76.4 Å². The lowest BCUT2D eigenvalue weighted by molar-refractivity contribution is 0.308. The van der Waals surface area contributed by atoms with Crippen molar-refractivity contribution in [2.45, 2.75) is 39.7 Å². The van der Waals surface area contributed by atoms with Crippen molar-refractivity contribution in [1.82, 2.24) is 25.4 Å². The van der Waals surface area contributed by atoms with Crippen LogP contribution in [-0.4, -0.2) is 47.0 Å². The van der Waals surface area contributed by atoms with Crippen molar-refractivity contribution in [2.24, 2.45) is 4.99 Å². The molecule has 0 radical (unpaired) electrons. The number of aryl methyl sites for hydroxylation is 1. The second-order valence-corrected chi connectivity index (χ2v) is 5.85. The van der Waals surface area contributed by atoms with E-state index in [9.17, 15) is 0 Å². The Hall–Kier alpha value is -2.57. The van der Waals surface area contributed by atoms with E-state index in [4.69, 9.17) is 4.74 Å². The van der Waals surface area contributed by atoms with Gasteiger partial charge in [0, 0.05) is 32.6 Å². The third-order valence-electron chi connectivity index (χ3n) is 3.84. The highest BCUT2D eigenvalue weighted by atomic mass is 16.5. The first-order valence-electron chi connectivity index (χ1n) is 9.40. The average Bonchev–Trinajstić information content (AvgIpc) is 3.13. The Kier molecular flexibility index (Phi) is 9.03. The lowest BCUT2D eigenvalue weighted by Gasteiger charge is -2.12. The van der Waals surface area contributed by atoms with Crippen molar-refractivity contribution in [3.05, 3.63) is 42.5 Å². The Morgan fingerprint density at radius 1 is 1.15 bits per heavy atom. The molecule has 0 aliphatic carbocycles. The first-order chi connectivity index (χ1) is 12.8. The van der Waals surface area contributed by atoms with Gasteiger partial charge >= 0.3 is 0 Å². The molecule has 0 unspecified atom stereocenters. The first kappa shape index (κ1) is 19.8. The summed E-state index contributed by atoms with van der Waals surface area (Å²) >= 11 is 0. The molecule has 0 amide bonds. The number of ether oxygens (including phenoxy) is 1. The van der Waals surface area contributed by atoms with Crippen LogP contribution in [-0.2, 0) is 13.0 Å². The lowest BCUT2D eigenvalue weighted by atomic mass is 10.3. The van der Waals surface area contributed by atoms with Crippen LogP contribution >= 0.6 is 0 Å². The maximum Gasteiger partial charge on any atom is 0.191 e. The smallest absolute Gasteiger partial charge is 0.191 e. The fourth-order valence-corrected chi connectivity index (χ4v) is 2.49. The molecule has 1 heterocycles. The van der Waals surface area contributed by atoms with Gasteiger partial charge in [-0.05, 0) is 31.9 Å². The summed E-state index contributed by atoms with van der Waals surface area (Å²) in [6.07, 6.45) is 4.64. The normalized spacial score (nSPS) is 11.4. The van der Waals surface area contributed by atoms with E-state index in [0.717, 1.165) is 69.6 Å². The Bertz CT molecular complexity index is 640. The Labute approximate surface area is 155 Å². The molecule has 0 bridgehead atoms. The first-order valence-corrected chi connectivity index (χ1v) is 9.40. The van der Waals surface area contributed by atoms with Gasteiger partial charge in [0.05, 0.1) is 6.61 Å². The predicted molar refractivity (Wildman–Crippen MR) is 105 cm³/mol. The largest absolute Gasteiger partial charge is 0.494 e. The molecule has 0 atom stereocenters. The molecule has 0 fully saturated rings. The van der Waals surface area contributed by atoms with E-state index in [-0.39, 0.29) is 0 Å². The van der Waals surface area contributed by atoms with Gasteiger partial charge in [0.25, 0.3) is 0 Å². The van der Waals surface area contributed by atoms with Crippen LogP contribution in [0, 0.1) is 0 Å². The van der Waals surface area contributed by atoms with Gasteiger partial charge in [0.15, 0.2) is 5.96 Å². The quantitative estimate of drug-likeness (QED) is 0.366. The maximum atomic E-state index is 5.69. The van der Waals surface area contributed by atoms with Gasteiger partial charge in [-0.1, -0.05) is 25.1 Å². The van der Waals surface area contributed by atoms with Crippen molar-refractivity contribution in [3.63, 3.8) is 0 Å². The number of guanidine groups is 1. The zero-order valence-electron chi connectivity index (χ0n) is 15.8. The molecule has 0 aliphatic rings. The van der Waals surface area contributed by atoms with E-state index in [1.165, 1.54) is 0 Å². The van der Waals surface area contributed by atoms with Crippen molar-refractivity contribution < 1.29 is 4.74 Å². The fourth-order valence-electron chi connectivity index (χ4n) is 2.49. The third kappa shape index (κ3) is 7.13. The number of unbranched alkanes of at least 4 members (excludes halogenated alkanes) is 1. The summed E-state index contributed by atoms with van der Waals surface area (Å²) in [4.78, 5) is 4.62. The number of hydrogen-bond acceptors (Lipinski definition) is 4. The fraction of sp³-hybridized carbons (Fsp3) is 0.526. The Morgan fingerprint density at radius 2 is 2.00 bits per heavy atom. The van der Waals surface area contributed by atoms with E-state index < -0.39 is 0 Å². The molecule has 0 saturated carbocycles. The van der Waals surface area contributed by atoms with Crippen LogP contribution in [0.5, 0.6) is 5.75 Å². The van der Waals surface area contributed by atoms with E-state index in [1.54, 1.807) is 6.33 Å². The van der Waals surface area contributed by atoms with Gasteiger partial charge in [-0.25, -0.2) is 0 Å². The van der Waals surface area contributed by atoms with E-state index >= 15 is 0 Å². The molecule has 2 aromatic rings. The molecule has 0 spiro atoms. The lowest BCUT2D eigenvalue weighted by Crippen LogP contribution is -2.39. The highest BCUT2D eigenvalue weighted by molar-refractivity contribution is 5.79. The molecule has 7 nitrogen and oxygen atoms in total. The second kappa shape index (κ2) is 11.9. The van der Waals surface area contributed by atoms with Crippen LogP contribution < -0.4 is 15.4 Å². The molecule has 0 aliphatic heterocycles. The minimum Gasteiger partial charge on any atom is -0.494 e. The van der Waals surface area contributed by atoms with Crippen LogP contribution in [0.15, 0.2) is 41.7 Å². The van der Waals surface area contributed by atoms with Gasteiger partial charge < -0.3 is 19.9 Å². The van der Waals surface area contributed by atoms with E-state index in [0.29, 0.717) is 0 Å². The number of rotatable bonds is 11. The van der Waals surface area contributed by atoms with Crippen LogP contribution in [0.4, 0.5) is 0 Å². The number of nitrogens with zero attached hydrogens (tertiary/aromatic N) is 4. The number of benzene rings is 1. The molecule has 2 rings (SSSR count). The second-order valence-electron chi connectivity index (χ2n) is 5.85. The number of nitrogens with one attached hydrogen (secondary N) is 2. The summed E-state index contributed by atoms with van der Waals surface area (Å²) in [7, 11) is 0. The summed E-state index contributed by atoms with van der Waals surface area (Å²) in [5, 5.41) is 14.7. The minimum absolute atomic E-state index is 0.719. The Balaban J connectivity index is 1.64. The van der Waals surface area contributed by atoms with Gasteiger partial charge in [0.1, 0.15) is 17.9 Å². The van der Waals surface area contributed by atoms with Crippen molar-refractivity contribution in [1.29, 1.82) is 0 Å². The van der Waals surface area contributed by atoms with Crippen molar-refractivity contribution in [3.8, 4) is 5.75 Å². The minimum atomic E-state index is 0.719. The molecule has 1 aromatic carbocycles. The average molecular weight is 358 g/mol. The number of aromatic nitrogens is 3. The molecule has 0 saturated heterocycles. The number of hydrogen-bond donors (Lipinski definition) is 2. The van der Waals surface area contributed by atoms with E-state index in [2.05, 4.69) is 44.2 Å². The molecule has 7 heteroatoms. The van der Waals surface area contributed by atoms with Crippen LogP contribution in [0.2, 0.25) is 0 Å². The van der Waals surface area contributed by atoms with Gasteiger partial charge in [0.2, 0.25) is 0 Å². The summed E-state index contributed by atoms with van der Waals surface area (Å²) in [5.74, 6) is 2.78. The molecule has 2 N–H and O–H groups in total. The predicted octanol–water partition coefficient (Wildman–Crippen LogP) is 2.25. The number of aliphatic imine (C=N–C) groups is 1. The van der Waals surface area contributed by atoms with Crippen LogP contribution in [0.1, 0.15) is 32.5 Å². The highest BCUT2D eigenvalue weighted by Crippen LogP contribution is 2.08. The summed E-state index contributed by atoms with van der Waals surface area (Å²) in [6.45, 7) is 8.10. The molecule has 26 heavy (non-hydrogen) atoms. The summed E-state index contributed by atoms with van der Waals surface area (Å²) in [5.41, 5.74) is 0. The highest BCUT2D eigenvalue weighted by Gasteiger charge is 2.02. The molecule has 142 valence electrons. The van der Waals surface area contributed by atoms with Gasteiger partial charge in [-0.15, -0.1) is 10.2 Å².